The summed E-state index contributed by atoms with van der Waals surface area (Å²) in [6.45, 7) is 4.42. The van der Waals surface area contributed by atoms with Crippen molar-refractivity contribution in [1.29, 1.82) is 0 Å². The fourth-order valence-corrected chi connectivity index (χ4v) is 2.13. The number of amides is 1. The van der Waals surface area contributed by atoms with E-state index in [0.29, 0.717) is 29.9 Å². The first-order chi connectivity index (χ1) is 10.7. The lowest BCUT2D eigenvalue weighted by atomic mass is 10.1. The van der Waals surface area contributed by atoms with Crippen LogP contribution in [-0.2, 0) is 13.0 Å². The Bertz CT molecular complexity index is 677. The van der Waals surface area contributed by atoms with Gasteiger partial charge in [-0.05, 0) is 37.5 Å². The Hall–Kier alpha value is -2.37. The number of nitrogens with one attached hydrogen (secondary N) is 2. The number of benzene rings is 1. The standard InChI is InChI=1S/C16H20N4O2/c1-3-14-19-15(22-20-14)9-17-13-8-11(5-4-10(13)2)16(21)18-12-6-7-12/h4-5,8,12,17H,3,6-7,9H2,1-2H3,(H,18,21). The van der Waals surface area contributed by atoms with Crippen LogP contribution in [0.5, 0.6) is 0 Å². The van der Waals surface area contributed by atoms with Gasteiger partial charge in [0.15, 0.2) is 5.82 Å². The van der Waals surface area contributed by atoms with E-state index in [2.05, 4.69) is 20.8 Å². The maximum absolute atomic E-state index is 12.1. The molecule has 0 atom stereocenters. The Morgan fingerprint density at radius 2 is 2.23 bits per heavy atom. The molecule has 1 aromatic carbocycles. The summed E-state index contributed by atoms with van der Waals surface area (Å²) in [5, 5.41) is 10.1. The van der Waals surface area contributed by atoms with E-state index in [-0.39, 0.29) is 5.91 Å². The van der Waals surface area contributed by atoms with Crippen LogP contribution in [0.4, 0.5) is 5.69 Å². The van der Waals surface area contributed by atoms with Crippen LogP contribution in [0.15, 0.2) is 22.7 Å². The van der Waals surface area contributed by atoms with E-state index in [1.165, 1.54) is 0 Å². The molecule has 1 aliphatic carbocycles. The van der Waals surface area contributed by atoms with E-state index in [1.54, 1.807) is 0 Å². The van der Waals surface area contributed by atoms with Gasteiger partial charge in [-0.1, -0.05) is 18.1 Å². The van der Waals surface area contributed by atoms with Gasteiger partial charge >= 0.3 is 0 Å². The second-order valence-electron chi connectivity index (χ2n) is 5.59. The highest BCUT2D eigenvalue weighted by Crippen LogP contribution is 2.21. The molecule has 0 radical (unpaired) electrons. The van der Waals surface area contributed by atoms with Crippen molar-refractivity contribution < 1.29 is 9.32 Å². The van der Waals surface area contributed by atoms with Crippen LogP contribution in [0.1, 0.15) is 47.4 Å². The summed E-state index contributed by atoms with van der Waals surface area (Å²) in [4.78, 5) is 16.4. The molecular formula is C16H20N4O2. The zero-order valence-electron chi connectivity index (χ0n) is 12.8. The Morgan fingerprint density at radius 3 is 2.91 bits per heavy atom. The summed E-state index contributed by atoms with van der Waals surface area (Å²) >= 11 is 0. The number of hydrogen-bond donors (Lipinski definition) is 2. The molecule has 1 aliphatic rings. The maximum Gasteiger partial charge on any atom is 0.251 e. The van der Waals surface area contributed by atoms with Crippen molar-refractivity contribution in [1.82, 2.24) is 15.5 Å². The molecular weight excluding hydrogens is 280 g/mol. The molecule has 2 aromatic rings. The Balaban J connectivity index is 1.67. The number of hydrogen-bond acceptors (Lipinski definition) is 5. The van der Waals surface area contributed by atoms with Crippen LogP contribution in [-0.4, -0.2) is 22.1 Å². The predicted octanol–water partition coefficient (Wildman–Crippen LogP) is 2.44. The Labute approximate surface area is 129 Å². The first-order valence-corrected chi connectivity index (χ1v) is 7.62. The second-order valence-corrected chi connectivity index (χ2v) is 5.59. The number of nitrogens with zero attached hydrogens (tertiary/aromatic N) is 2. The third-order valence-corrected chi connectivity index (χ3v) is 3.67. The number of aromatic nitrogens is 2. The quantitative estimate of drug-likeness (QED) is 0.856. The minimum atomic E-state index is -0.0170. The molecule has 0 bridgehead atoms. The summed E-state index contributed by atoms with van der Waals surface area (Å²) < 4.78 is 5.15. The normalized spacial score (nSPS) is 13.9. The molecule has 1 amide bonds. The highest BCUT2D eigenvalue weighted by atomic mass is 16.5. The van der Waals surface area contributed by atoms with Crippen molar-refractivity contribution in [2.75, 3.05) is 5.32 Å². The summed E-state index contributed by atoms with van der Waals surface area (Å²) in [5.74, 6) is 1.23. The van der Waals surface area contributed by atoms with Gasteiger partial charge in [0, 0.05) is 23.7 Å². The van der Waals surface area contributed by atoms with E-state index >= 15 is 0 Å². The molecule has 1 heterocycles. The number of anilines is 1. The van der Waals surface area contributed by atoms with Gasteiger partial charge in [0.2, 0.25) is 5.89 Å². The van der Waals surface area contributed by atoms with Crippen LogP contribution >= 0.6 is 0 Å². The maximum atomic E-state index is 12.1. The molecule has 2 N–H and O–H groups in total. The molecule has 0 aliphatic heterocycles. The first-order valence-electron chi connectivity index (χ1n) is 7.62. The minimum absolute atomic E-state index is 0.0170. The van der Waals surface area contributed by atoms with Crippen LogP contribution in [0.25, 0.3) is 0 Å². The third kappa shape index (κ3) is 3.44. The largest absolute Gasteiger partial charge is 0.376 e. The van der Waals surface area contributed by atoms with E-state index in [0.717, 1.165) is 30.5 Å². The third-order valence-electron chi connectivity index (χ3n) is 3.67. The van der Waals surface area contributed by atoms with E-state index < -0.39 is 0 Å². The van der Waals surface area contributed by atoms with Gasteiger partial charge in [-0.3, -0.25) is 4.79 Å². The van der Waals surface area contributed by atoms with Crippen molar-refractivity contribution in [2.24, 2.45) is 0 Å². The lowest BCUT2D eigenvalue weighted by Gasteiger charge is -2.10. The van der Waals surface area contributed by atoms with Gasteiger partial charge in [-0.2, -0.15) is 4.98 Å². The van der Waals surface area contributed by atoms with E-state index in [1.807, 2.05) is 32.0 Å². The van der Waals surface area contributed by atoms with Crippen LogP contribution in [0.2, 0.25) is 0 Å². The topological polar surface area (TPSA) is 80.0 Å². The summed E-state index contributed by atoms with van der Waals surface area (Å²) in [5.41, 5.74) is 2.64. The highest BCUT2D eigenvalue weighted by molar-refractivity contribution is 5.95. The molecule has 6 nitrogen and oxygen atoms in total. The van der Waals surface area contributed by atoms with Gasteiger partial charge in [-0.15, -0.1) is 0 Å². The van der Waals surface area contributed by atoms with Crippen molar-refractivity contribution in [2.45, 2.75) is 45.7 Å². The van der Waals surface area contributed by atoms with Crippen LogP contribution < -0.4 is 10.6 Å². The predicted molar refractivity (Wildman–Crippen MR) is 82.7 cm³/mol. The molecule has 22 heavy (non-hydrogen) atoms. The average Bonchev–Trinajstić information content (AvgIpc) is 3.21. The molecule has 0 saturated heterocycles. The summed E-state index contributed by atoms with van der Waals surface area (Å²) in [7, 11) is 0. The summed E-state index contributed by atoms with van der Waals surface area (Å²) in [6.07, 6.45) is 2.92. The zero-order valence-corrected chi connectivity index (χ0v) is 12.8. The van der Waals surface area contributed by atoms with Gasteiger partial charge in [0.25, 0.3) is 5.91 Å². The molecule has 6 heteroatoms. The first kappa shape index (κ1) is 14.6. The second kappa shape index (κ2) is 6.17. The van der Waals surface area contributed by atoms with Crippen molar-refractivity contribution in [3.63, 3.8) is 0 Å². The minimum Gasteiger partial charge on any atom is -0.376 e. The van der Waals surface area contributed by atoms with Crippen molar-refractivity contribution in [3.05, 3.63) is 41.0 Å². The molecule has 1 aromatic heterocycles. The van der Waals surface area contributed by atoms with Gasteiger partial charge in [-0.25, -0.2) is 0 Å². The van der Waals surface area contributed by atoms with Crippen molar-refractivity contribution in [3.8, 4) is 0 Å². The summed E-state index contributed by atoms with van der Waals surface area (Å²) in [6, 6.07) is 6.01. The van der Waals surface area contributed by atoms with E-state index in [4.69, 9.17) is 4.52 Å². The van der Waals surface area contributed by atoms with Gasteiger partial charge < -0.3 is 15.2 Å². The number of rotatable bonds is 6. The van der Waals surface area contributed by atoms with Crippen LogP contribution in [0.3, 0.4) is 0 Å². The zero-order chi connectivity index (χ0) is 15.5. The highest BCUT2D eigenvalue weighted by Gasteiger charge is 2.23. The lowest BCUT2D eigenvalue weighted by molar-refractivity contribution is 0.0951. The molecule has 1 saturated carbocycles. The average molecular weight is 300 g/mol. The Morgan fingerprint density at radius 1 is 1.41 bits per heavy atom. The smallest absolute Gasteiger partial charge is 0.251 e. The van der Waals surface area contributed by atoms with Crippen molar-refractivity contribution >= 4 is 11.6 Å². The fraction of sp³-hybridized carbons (Fsp3) is 0.438. The molecule has 0 spiro atoms. The molecule has 3 rings (SSSR count). The number of carbonyl (C=O) groups is 1. The lowest BCUT2D eigenvalue weighted by Crippen LogP contribution is -2.25. The fourth-order valence-electron chi connectivity index (χ4n) is 2.13. The molecule has 0 unspecified atom stereocenters. The van der Waals surface area contributed by atoms with E-state index in [9.17, 15) is 4.79 Å². The Kier molecular flexibility index (Phi) is 4.09. The van der Waals surface area contributed by atoms with Gasteiger partial charge in [0.05, 0.1) is 6.54 Å². The molecule has 1 fully saturated rings. The SMILES string of the molecule is CCc1noc(CNc2cc(C(=O)NC3CC3)ccc2C)n1. The monoisotopic (exact) mass is 300 g/mol. The number of aryl methyl sites for hydroxylation is 2. The van der Waals surface area contributed by atoms with Crippen LogP contribution in [0, 0.1) is 6.92 Å². The number of carbonyl (C=O) groups excluding carboxylic acids is 1. The molecule has 116 valence electrons. The van der Waals surface area contributed by atoms with Gasteiger partial charge in [0.1, 0.15) is 0 Å².